The van der Waals surface area contributed by atoms with Crippen LogP contribution in [0.5, 0.6) is 0 Å². The number of carbonyl (C=O) groups is 1. The van der Waals surface area contributed by atoms with Crippen LogP contribution in [0, 0.1) is 6.92 Å². The third kappa shape index (κ3) is 1.54. The summed E-state index contributed by atoms with van der Waals surface area (Å²) in [5, 5.41) is 8.66. The molecule has 2 rings (SSSR count). The minimum absolute atomic E-state index is 0.388. The normalized spacial score (nSPS) is 10.3. The monoisotopic (exact) mass is 202 g/mol. The molecule has 0 atom stereocenters. The molecule has 1 aromatic heterocycles. The van der Waals surface area contributed by atoms with Crippen molar-refractivity contribution < 1.29 is 9.53 Å². The molecule has 1 aromatic carbocycles. The third-order valence-electron chi connectivity index (χ3n) is 2.31. The number of aryl methyl sites for hydroxylation is 1. The number of esters is 1. The van der Waals surface area contributed by atoms with E-state index in [1.807, 2.05) is 19.1 Å². The topological polar surface area (TPSA) is 52.1 Å². The van der Waals surface area contributed by atoms with E-state index >= 15 is 0 Å². The highest BCUT2D eigenvalue weighted by Gasteiger charge is 2.12. The summed E-state index contributed by atoms with van der Waals surface area (Å²) in [7, 11) is 1.35. The first-order chi connectivity index (χ1) is 7.24. The zero-order valence-electron chi connectivity index (χ0n) is 8.52. The molecule has 4 nitrogen and oxygen atoms in total. The van der Waals surface area contributed by atoms with Crippen molar-refractivity contribution in [2.45, 2.75) is 6.92 Å². The Labute approximate surface area is 86.9 Å². The highest BCUT2D eigenvalue weighted by Crippen LogP contribution is 2.19. The molecule has 0 saturated carbocycles. The van der Waals surface area contributed by atoms with Gasteiger partial charge in [-0.15, -0.1) is 5.10 Å². The average Bonchev–Trinajstić information content (AvgIpc) is 2.29. The first-order valence-electron chi connectivity index (χ1n) is 4.53. The van der Waals surface area contributed by atoms with Crippen LogP contribution in [0.1, 0.15) is 15.9 Å². The molecular formula is C11H10N2O2. The second-order valence-corrected chi connectivity index (χ2v) is 3.22. The van der Waals surface area contributed by atoms with Crippen LogP contribution in [0.2, 0.25) is 0 Å². The molecule has 15 heavy (non-hydrogen) atoms. The van der Waals surface area contributed by atoms with Crippen molar-refractivity contribution in [3.63, 3.8) is 0 Å². The Kier molecular flexibility index (Phi) is 2.33. The molecule has 0 aliphatic heterocycles. The van der Waals surface area contributed by atoms with Crippen LogP contribution < -0.4 is 0 Å². The minimum Gasteiger partial charge on any atom is -0.465 e. The van der Waals surface area contributed by atoms with Crippen LogP contribution in [0.4, 0.5) is 0 Å². The maximum Gasteiger partial charge on any atom is 0.340 e. The number of hydrogen-bond donors (Lipinski definition) is 0. The summed E-state index contributed by atoms with van der Waals surface area (Å²) in [6.45, 7) is 1.96. The molecule has 0 aliphatic carbocycles. The van der Waals surface area contributed by atoms with Crippen LogP contribution in [0.15, 0.2) is 24.4 Å². The van der Waals surface area contributed by atoms with Gasteiger partial charge in [0.2, 0.25) is 0 Å². The molecule has 0 radical (unpaired) electrons. The second-order valence-electron chi connectivity index (χ2n) is 3.22. The molecule has 76 valence electrons. The molecule has 0 aliphatic rings. The van der Waals surface area contributed by atoms with Gasteiger partial charge in [0.1, 0.15) is 5.52 Å². The van der Waals surface area contributed by atoms with E-state index in [9.17, 15) is 4.79 Å². The van der Waals surface area contributed by atoms with E-state index in [-0.39, 0.29) is 5.97 Å². The van der Waals surface area contributed by atoms with Crippen LogP contribution >= 0.6 is 0 Å². The summed E-state index contributed by atoms with van der Waals surface area (Å²) in [6.07, 6.45) is 1.61. The molecule has 0 amide bonds. The summed E-state index contributed by atoms with van der Waals surface area (Å²) in [6, 6.07) is 5.42. The molecule has 4 heteroatoms. The predicted molar refractivity (Wildman–Crippen MR) is 55.6 cm³/mol. The van der Waals surface area contributed by atoms with Gasteiger partial charge in [-0.1, -0.05) is 6.07 Å². The van der Waals surface area contributed by atoms with E-state index in [0.29, 0.717) is 11.1 Å². The van der Waals surface area contributed by atoms with E-state index in [0.717, 1.165) is 10.9 Å². The molecule has 2 aromatic rings. The van der Waals surface area contributed by atoms with E-state index in [1.54, 1.807) is 12.3 Å². The summed E-state index contributed by atoms with van der Waals surface area (Å²) < 4.78 is 4.68. The average molecular weight is 202 g/mol. The van der Waals surface area contributed by atoms with Gasteiger partial charge in [-0.25, -0.2) is 4.79 Å². The molecule has 0 saturated heterocycles. The number of fused-ring (bicyclic) bond motifs is 1. The number of carbonyl (C=O) groups excluding carboxylic acids is 1. The Bertz CT molecular complexity index is 523. The fourth-order valence-corrected chi connectivity index (χ4v) is 1.50. The Morgan fingerprint density at radius 1 is 1.33 bits per heavy atom. The van der Waals surface area contributed by atoms with Crippen LogP contribution in [-0.2, 0) is 4.74 Å². The lowest BCUT2D eigenvalue weighted by molar-refractivity contribution is 0.0602. The van der Waals surface area contributed by atoms with E-state index < -0.39 is 0 Å². The highest BCUT2D eigenvalue weighted by molar-refractivity contribution is 6.03. The standard InChI is InChI=1S/C11H10N2O2/c1-7-3-4-9(11(14)15-2)10-8(7)5-6-12-13-10/h3-6H,1-2H3. The zero-order chi connectivity index (χ0) is 10.8. The lowest BCUT2D eigenvalue weighted by Crippen LogP contribution is -2.04. The molecule has 0 N–H and O–H groups in total. The van der Waals surface area contributed by atoms with Gasteiger partial charge in [0.25, 0.3) is 0 Å². The van der Waals surface area contributed by atoms with Crippen LogP contribution in [0.25, 0.3) is 10.9 Å². The summed E-state index contributed by atoms with van der Waals surface area (Å²) in [5.41, 5.74) is 2.10. The SMILES string of the molecule is COC(=O)c1ccc(C)c2ccnnc12. The zero-order valence-corrected chi connectivity index (χ0v) is 8.52. The van der Waals surface area contributed by atoms with E-state index in [1.165, 1.54) is 7.11 Å². The number of methoxy groups -OCH3 is 1. The maximum absolute atomic E-state index is 11.4. The number of aromatic nitrogens is 2. The van der Waals surface area contributed by atoms with Crippen molar-refractivity contribution in [1.29, 1.82) is 0 Å². The largest absolute Gasteiger partial charge is 0.465 e. The minimum atomic E-state index is -0.388. The van der Waals surface area contributed by atoms with Gasteiger partial charge in [-0.3, -0.25) is 0 Å². The number of hydrogen-bond acceptors (Lipinski definition) is 4. The van der Waals surface area contributed by atoms with Gasteiger partial charge in [0.05, 0.1) is 18.9 Å². The number of nitrogens with zero attached hydrogens (tertiary/aromatic N) is 2. The maximum atomic E-state index is 11.4. The van der Waals surface area contributed by atoms with Gasteiger partial charge in [0, 0.05) is 5.39 Å². The Balaban J connectivity index is 2.77. The van der Waals surface area contributed by atoms with Crippen molar-refractivity contribution in [3.05, 3.63) is 35.5 Å². The smallest absolute Gasteiger partial charge is 0.340 e. The van der Waals surface area contributed by atoms with Gasteiger partial charge in [0.15, 0.2) is 0 Å². The lowest BCUT2D eigenvalue weighted by atomic mass is 10.1. The van der Waals surface area contributed by atoms with Crippen LogP contribution in [-0.4, -0.2) is 23.3 Å². The van der Waals surface area contributed by atoms with Crippen molar-refractivity contribution in [3.8, 4) is 0 Å². The number of rotatable bonds is 1. The van der Waals surface area contributed by atoms with Gasteiger partial charge in [-0.05, 0) is 24.6 Å². The van der Waals surface area contributed by atoms with E-state index in [4.69, 9.17) is 0 Å². The molecule has 0 spiro atoms. The van der Waals surface area contributed by atoms with Gasteiger partial charge in [-0.2, -0.15) is 5.10 Å². The summed E-state index contributed by atoms with van der Waals surface area (Å²) in [5.74, 6) is -0.388. The van der Waals surface area contributed by atoms with Crippen molar-refractivity contribution in [1.82, 2.24) is 10.2 Å². The van der Waals surface area contributed by atoms with Crippen LogP contribution in [0.3, 0.4) is 0 Å². The fourth-order valence-electron chi connectivity index (χ4n) is 1.50. The quantitative estimate of drug-likeness (QED) is 0.661. The molecule has 0 fully saturated rings. The Hall–Kier alpha value is -1.97. The fraction of sp³-hybridized carbons (Fsp3) is 0.182. The van der Waals surface area contributed by atoms with Crippen molar-refractivity contribution in [2.24, 2.45) is 0 Å². The Morgan fingerprint density at radius 3 is 2.87 bits per heavy atom. The van der Waals surface area contributed by atoms with Gasteiger partial charge >= 0.3 is 5.97 Å². The second kappa shape index (κ2) is 3.65. The summed E-state index contributed by atoms with van der Waals surface area (Å²) >= 11 is 0. The number of benzene rings is 1. The number of ether oxygens (including phenoxy) is 1. The molecular weight excluding hydrogens is 192 g/mol. The third-order valence-corrected chi connectivity index (χ3v) is 2.31. The van der Waals surface area contributed by atoms with Gasteiger partial charge < -0.3 is 4.74 Å². The first kappa shape index (κ1) is 9.58. The predicted octanol–water partition coefficient (Wildman–Crippen LogP) is 1.72. The summed E-state index contributed by atoms with van der Waals surface area (Å²) in [4.78, 5) is 11.4. The first-order valence-corrected chi connectivity index (χ1v) is 4.53. The molecule has 1 heterocycles. The highest BCUT2D eigenvalue weighted by atomic mass is 16.5. The molecule has 0 bridgehead atoms. The van der Waals surface area contributed by atoms with E-state index in [2.05, 4.69) is 14.9 Å². The van der Waals surface area contributed by atoms with Crippen molar-refractivity contribution >= 4 is 16.9 Å². The molecule has 0 unspecified atom stereocenters. The Morgan fingerprint density at radius 2 is 2.13 bits per heavy atom. The lowest BCUT2D eigenvalue weighted by Gasteiger charge is -2.04. The van der Waals surface area contributed by atoms with Crippen molar-refractivity contribution in [2.75, 3.05) is 7.11 Å².